The summed E-state index contributed by atoms with van der Waals surface area (Å²) in [4.78, 5) is 4.05. The summed E-state index contributed by atoms with van der Waals surface area (Å²) in [6.45, 7) is -0.0311. The van der Waals surface area contributed by atoms with Gasteiger partial charge in [-0.15, -0.1) is 0 Å². The lowest BCUT2D eigenvalue weighted by atomic mass is 9.93. The molecule has 0 spiro atoms. The Morgan fingerprint density at radius 3 is 2.67 bits per heavy atom. The zero-order chi connectivity index (χ0) is 13.2. The molecule has 1 aromatic rings. The summed E-state index contributed by atoms with van der Waals surface area (Å²) in [6, 6.07) is 1.55. The van der Waals surface area contributed by atoms with Crippen molar-refractivity contribution in [2.75, 3.05) is 13.2 Å². The summed E-state index contributed by atoms with van der Waals surface area (Å²) in [6.07, 6.45) is 5.64. The fourth-order valence-electron chi connectivity index (χ4n) is 1.94. The van der Waals surface area contributed by atoms with Gasteiger partial charge in [-0.25, -0.2) is 8.42 Å². The van der Waals surface area contributed by atoms with Crippen LogP contribution in [0.3, 0.4) is 0 Å². The van der Waals surface area contributed by atoms with Crippen molar-refractivity contribution < 1.29 is 13.5 Å². The predicted octanol–water partition coefficient (Wildman–Crippen LogP) is 1.38. The van der Waals surface area contributed by atoms with Gasteiger partial charge in [0.15, 0.2) is 0 Å². The first-order valence-electron chi connectivity index (χ1n) is 5.79. The van der Waals surface area contributed by atoms with E-state index in [-0.39, 0.29) is 24.1 Å². The third-order valence-electron chi connectivity index (χ3n) is 3.09. The molecule has 0 saturated heterocycles. The SMILES string of the molecule is O=S(=O)(c1cncc(Br)c1)N(CCO)C1CCC1. The topological polar surface area (TPSA) is 70.5 Å². The normalized spacial score (nSPS) is 16.8. The summed E-state index contributed by atoms with van der Waals surface area (Å²) in [5.41, 5.74) is 0. The Morgan fingerprint density at radius 2 is 2.17 bits per heavy atom. The van der Waals surface area contributed by atoms with Crippen LogP contribution in [0.25, 0.3) is 0 Å². The number of sulfonamides is 1. The van der Waals surface area contributed by atoms with Crippen molar-refractivity contribution in [3.8, 4) is 0 Å². The van der Waals surface area contributed by atoms with Crippen LogP contribution in [0.2, 0.25) is 0 Å². The number of halogens is 1. The number of aliphatic hydroxyl groups excluding tert-OH is 1. The number of aliphatic hydroxyl groups is 1. The molecule has 1 aliphatic rings. The Balaban J connectivity index is 2.32. The molecular weight excluding hydrogens is 320 g/mol. The minimum absolute atomic E-state index is 0.0149. The van der Waals surface area contributed by atoms with E-state index < -0.39 is 10.0 Å². The van der Waals surface area contributed by atoms with Gasteiger partial charge in [0.25, 0.3) is 0 Å². The Labute approximate surface area is 115 Å². The van der Waals surface area contributed by atoms with Gasteiger partial charge in [-0.05, 0) is 34.8 Å². The van der Waals surface area contributed by atoms with Crippen LogP contribution in [0, 0.1) is 0 Å². The van der Waals surface area contributed by atoms with Gasteiger partial charge in [0.05, 0.1) is 6.61 Å². The highest BCUT2D eigenvalue weighted by atomic mass is 79.9. The number of rotatable bonds is 5. The molecule has 2 rings (SSSR count). The lowest BCUT2D eigenvalue weighted by Gasteiger charge is -2.36. The van der Waals surface area contributed by atoms with Crippen LogP contribution in [-0.4, -0.2) is 42.0 Å². The van der Waals surface area contributed by atoms with Crippen LogP contribution in [-0.2, 0) is 10.0 Å². The van der Waals surface area contributed by atoms with E-state index >= 15 is 0 Å². The van der Waals surface area contributed by atoms with Gasteiger partial charge in [0, 0.05) is 29.5 Å². The second kappa shape index (κ2) is 5.64. The van der Waals surface area contributed by atoms with Crippen molar-refractivity contribution in [2.45, 2.75) is 30.2 Å². The first-order valence-corrected chi connectivity index (χ1v) is 8.02. The molecule has 0 amide bonds. The highest BCUT2D eigenvalue weighted by Gasteiger charge is 2.34. The standard InChI is InChI=1S/C11H15BrN2O3S/c12-9-6-11(8-13-7-9)18(16,17)14(4-5-15)10-2-1-3-10/h6-8,10,15H,1-5H2. The molecule has 0 aliphatic heterocycles. The summed E-state index contributed by atoms with van der Waals surface area (Å²) in [5.74, 6) is 0. The lowest BCUT2D eigenvalue weighted by Crippen LogP contribution is -2.45. The molecule has 1 aliphatic carbocycles. The summed E-state index contributed by atoms with van der Waals surface area (Å²) in [7, 11) is -3.56. The van der Waals surface area contributed by atoms with Crippen LogP contribution >= 0.6 is 15.9 Å². The zero-order valence-electron chi connectivity index (χ0n) is 9.79. The molecule has 0 bridgehead atoms. The van der Waals surface area contributed by atoms with Crippen molar-refractivity contribution in [3.63, 3.8) is 0 Å². The fourth-order valence-corrected chi connectivity index (χ4v) is 4.12. The Kier molecular flexibility index (Phi) is 4.37. The fraction of sp³-hybridized carbons (Fsp3) is 0.545. The first-order chi connectivity index (χ1) is 8.55. The van der Waals surface area contributed by atoms with Gasteiger partial charge in [-0.1, -0.05) is 6.42 Å². The van der Waals surface area contributed by atoms with E-state index in [1.165, 1.54) is 16.6 Å². The van der Waals surface area contributed by atoms with Crippen LogP contribution in [0.5, 0.6) is 0 Å². The molecule has 0 unspecified atom stereocenters. The van der Waals surface area contributed by atoms with Gasteiger partial charge in [-0.3, -0.25) is 4.98 Å². The van der Waals surface area contributed by atoms with Gasteiger partial charge < -0.3 is 5.11 Å². The smallest absolute Gasteiger partial charge is 0.244 e. The Morgan fingerprint density at radius 1 is 1.44 bits per heavy atom. The largest absolute Gasteiger partial charge is 0.395 e. The minimum atomic E-state index is -3.56. The van der Waals surface area contributed by atoms with Gasteiger partial charge in [0.2, 0.25) is 10.0 Å². The molecule has 18 heavy (non-hydrogen) atoms. The molecule has 100 valence electrons. The average molecular weight is 335 g/mol. The zero-order valence-corrected chi connectivity index (χ0v) is 12.2. The summed E-state index contributed by atoms with van der Waals surface area (Å²) >= 11 is 3.22. The number of pyridine rings is 1. The molecule has 0 radical (unpaired) electrons. The minimum Gasteiger partial charge on any atom is -0.395 e. The maximum atomic E-state index is 12.5. The van der Waals surface area contributed by atoms with Gasteiger partial charge >= 0.3 is 0 Å². The van der Waals surface area contributed by atoms with E-state index in [0.29, 0.717) is 4.47 Å². The molecule has 0 aromatic carbocycles. The number of hydrogen-bond acceptors (Lipinski definition) is 4. The third-order valence-corrected chi connectivity index (χ3v) is 5.44. The Hall–Kier alpha value is -0.500. The summed E-state index contributed by atoms with van der Waals surface area (Å²) in [5, 5.41) is 9.04. The lowest BCUT2D eigenvalue weighted by molar-refractivity contribution is 0.178. The molecule has 7 heteroatoms. The number of aromatic nitrogens is 1. The molecule has 1 N–H and O–H groups in total. The van der Waals surface area contributed by atoms with Crippen molar-refractivity contribution in [3.05, 3.63) is 22.9 Å². The quantitative estimate of drug-likeness (QED) is 0.883. The molecule has 1 aromatic heterocycles. The first kappa shape index (κ1) is 13.9. The molecule has 5 nitrogen and oxygen atoms in total. The number of hydrogen-bond donors (Lipinski definition) is 1. The average Bonchev–Trinajstić information content (AvgIpc) is 2.26. The monoisotopic (exact) mass is 334 g/mol. The van der Waals surface area contributed by atoms with Gasteiger partial charge in [-0.2, -0.15) is 4.31 Å². The summed E-state index contributed by atoms with van der Waals surface area (Å²) < 4.78 is 26.9. The third kappa shape index (κ3) is 2.74. The highest BCUT2D eigenvalue weighted by Crippen LogP contribution is 2.30. The van der Waals surface area contributed by atoms with Gasteiger partial charge in [0.1, 0.15) is 4.90 Å². The predicted molar refractivity (Wildman–Crippen MR) is 70.6 cm³/mol. The van der Waals surface area contributed by atoms with Crippen molar-refractivity contribution in [1.82, 2.24) is 9.29 Å². The van der Waals surface area contributed by atoms with E-state index in [1.54, 1.807) is 6.20 Å². The second-order valence-corrected chi connectivity index (χ2v) is 7.07. The molecule has 0 atom stereocenters. The van der Waals surface area contributed by atoms with Crippen molar-refractivity contribution >= 4 is 26.0 Å². The van der Waals surface area contributed by atoms with Crippen molar-refractivity contribution in [1.29, 1.82) is 0 Å². The van der Waals surface area contributed by atoms with E-state index in [9.17, 15) is 8.42 Å². The molecule has 1 fully saturated rings. The van der Waals surface area contributed by atoms with Crippen LogP contribution in [0.4, 0.5) is 0 Å². The molecule has 1 heterocycles. The Bertz CT molecular complexity index is 517. The number of nitrogens with zero attached hydrogens (tertiary/aromatic N) is 2. The van der Waals surface area contributed by atoms with Crippen LogP contribution in [0.1, 0.15) is 19.3 Å². The van der Waals surface area contributed by atoms with E-state index in [0.717, 1.165) is 19.3 Å². The van der Waals surface area contributed by atoms with E-state index in [2.05, 4.69) is 20.9 Å². The van der Waals surface area contributed by atoms with Crippen molar-refractivity contribution in [2.24, 2.45) is 0 Å². The van der Waals surface area contributed by atoms with E-state index in [4.69, 9.17) is 5.11 Å². The maximum absolute atomic E-state index is 12.5. The molecule has 1 saturated carbocycles. The second-order valence-electron chi connectivity index (χ2n) is 4.26. The van der Waals surface area contributed by atoms with Crippen LogP contribution in [0.15, 0.2) is 27.8 Å². The maximum Gasteiger partial charge on any atom is 0.244 e. The van der Waals surface area contributed by atoms with Crippen LogP contribution < -0.4 is 0 Å². The highest BCUT2D eigenvalue weighted by molar-refractivity contribution is 9.10. The molecular formula is C11H15BrN2O3S. The van der Waals surface area contributed by atoms with E-state index in [1.807, 2.05) is 0 Å².